The molecule has 2 fully saturated rings. The van der Waals surface area contributed by atoms with Gasteiger partial charge in [-0.15, -0.1) is 0 Å². The predicted octanol–water partition coefficient (Wildman–Crippen LogP) is 2.04. The molecule has 3 heteroatoms. The van der Waals surface area contributed by atoms with Gasteiger partial charge in [-0.1, -0.05) is 13.8 Å². The molecule has 2 rings (SSSR count). The molecule has 2 saturated heterocycles. The third-order valence-electron chi connectivity index (χ3n) is 3.98. The van der Waals surface area contributed by atoms with Crippen molar-refractivity contribution in [1.29, 1.82) is 0 Å². The number of hydrogen-bond acceptors (Lipinski definition) is 2. The van der Waals surface area contributed by atoms with Crippen LogP contribution in [-0.4, -0.2) is 23.5 Å². The van der Waals surface area contributed by atoms with Crippen LogP contribution in [-0.2, 0) is 4.79 Å². The monoisotopic (exact) mass is 213 g/mol. The Bertz CT molecular complexity index is 235. The molecular weight excluding hydrogens is 194 g/mol. The van der Waals surface area contributed by atoms with Crippen LogP contribution in [0.4, 0.5) is 0 Å². The highest BCUT2D eigenvalue weighted by molar-refractivity contribution is 7.99. The normalized spacial score (nSPS) is 42.9. The average molecular weight is 213 g/mol. The minimum atomic E-state index is 0.222. The fourth-order valence-electron chi connectivity index (χ4n) is 2.97. The van der Waals surface area contributed by atoms with E-state index in [1.807, 2.05) is 11.8 Å². The maximum Gasteiger partial charge on any atom is 0.223 e. The number of rotatable bonds is 1. The summed E-state index contributed by atoms with van der Waals surface area (Å²) in [6.07, 6.45) is 3.59. The molecule has 0 aromatic heterocycles. The van der Waals surface area contributed by atoms with Crippen molar-refractivity contribution in [3.05, 3.63) is 0 Å². The van der Waals surface area contributed by atoms with E-state index in [1.54, 1.807) is 0 Å². The number of carbonyl (C=O) groups excluding carboxylic acids is 1. The molecule has 3 atom stereocenters. The smallest absolute Gasteiger partial charge is 0.223 e. The molecule has 1 amide bonds. The van der Waals surface area contributed by atoms with Crippen molar-refractivity contribution in [3.8, 4) is 0 Å². The molecule has 2 heterocycles. The highest BCUT2D eigenvalue weighted by atomic mass is 32.2. The number of amides is 1. The van der Waals surface area contributed by atoms with Crippen molar-refractivity contribution >= 4 is 17.7 Å². The van der Waals surface area contributed by atoms with Crippen molar-refractivity contribution < 1.29 is 4.79 Å². The van der Waals surface area contributed by atoms with Gasteiger partial charge in [0.05, 0.1) is 0 Å². The Morgan fingerprint density at radius 1 is 1.64 bits per heavy atom. The molecule has 0 aromatic carbocycles. The average Bonchev–Trinajstić information content (AvgIpc) is 2.45. The number of carbonyl (C=O) groups is 1. The van der Waals surface area contributed by atoms with Gasteiger partial charge in [0, 0.05) is 23.1 Å². The fourth-order valence-corrected chi connectivity index (χ4v) is 4.43. The van der Waals surface area contributed by atoms with Gasteiger partial charge in [-0.3, -0.25) is 4.79 Å². The molecule has 3 unspecified atom stereocenters. The minimum Gasteiger partial charge on any atom is -0.353 e. The summed E-state index contributed by atoms with van der Waals surface area (Å²) >= 11 is 2.02. The third-order valence-corrected chi connectivity index (χ3v) is 5.30. The molecular formula is C11H19NOS. The van der Waals surface area contributed by atoms with Crippen molar-refractivity contribution in [2.24, 2.45) is 11.3 Å². The second kappa shape index (κ2) is 3.76. The molecule has 14 heavy (non-hydrogen) atoms. The zero-order valence-electron chi connectivity index (χ0n) is 9.01. The van der Waals surface area contributed by atoms with Gasteiger partial charge in [-0.05, 0) is 25.0 Å². The second-order valence-electron chi connectivity index (χ2n) is 4.58. The molecule has 0 aliphatic carbocycles. The Balaban J connectivity index is 2.23. The lowest BCUT2D eigenvalue weighted by Gasteiger charge is -2.39. The van der Waals surface area contributed by atoms with Gasteiger partial charge in [-0.25, -0.2) is 0 Å². The van der Waals surface area contributed by atoms with Gasteiger partial charge in [0.15, 0.2) is 0 Å². The van der Waals surface area contributed by atoms with E-state index in [2.05, 4.69) is 19.2 Å². The molecule has 2 aliphatic rings. The molecule has 2 nitrogen and oxygen atoms in total. The van der Waals surface area contributed by atoms with Crippen molar-refractivity contribution in [2.45, 2.75) is 39.2 Å². The van der Waals surface area contributed by atoms with Gasteiger partial charge in [0.2, 0.25) is 5.91 Å². The predicted molar refractivity (Wildman–Crippen MR) is 60.4 cm³/mol. The van der Waals surface area contributed by atoms with Gasteiger partial charge in [-0.2, -0.15) is 11.8 Å². The quantitative estimate of drug-likeness (QED) is 0.722. The Labute approximate surface area is 90.2 Å². The Morgan fingerprint density at radius 2 is 2.43 bits per heavy atom. The topological polar surface area (TPSA) is 29.1 Å². The fraction of sp³-hybridized carbons (Fsp3) is 0.909. The first kappa shape index (κ1) is 10.3. The van der Waals surface area contributed by atoms with E-state index >= 15 is 0 Å². The number of thioether (sulfide) groups is 1. The van der Waals surface area contributed by atoms with E-state index in [-0.39, 0.29) is 17.2 Å². The first-order chi connectivity index (χ1) is 6.70. The summed E-state index contributed by atoms with van der Waals surface area (Å²) in [6.45, 7) is 4.29. The van der Waals surface area contributed by atoms with Crippen molar-refractivity contribution in [2.75, 3.05) is 11.5 Å². The molecule has 1 spiro atoms. The third kappa shape index (κ3) is 1.37. The van der Waals surface area contributed by atoms with Gasteiger partial charge in [0.25, 0.3) is 0 Å². The van der Waals surface area contributed by atoms with Crippen LogP contribution in [0.25, 0.3) is 0 Å². The van der Waals surface area contributed by atoms with Crippen molar-refractivity contribution in [3.63, 3.8) is 0 Å². The van der Waals surface area contributed by atoms with Crippen molar-refractivity contribution in [1.82, 2.24) is 5.32 Å². The maximum atomic E-state index is 11.7. The van der Waals surface area contributed by atoms with Crippen LogP contribution in [0.3, 0.4) is 0 Å². The molecule has 0 aromatic rings. The Kier molecular flexibility index (Phi) is 2.78. The summed E-state index contributed by atoms with van der Waals surface area (Å²) in [4.78, 5) is 11.7. The number of hydrogen-bond donors (Lipinski definition) is 1. The summed E-state index contributed by atoms with van der Waals surface area (Å²) in [5.74, 6) is 2.95. The van der Waals surface area contributed by atoms with E-state index in [4.69, 9.17) is 0 Å². The minimum absolute atomic E-state index is 0.222. The van der Waals surface area contributed by atoms with Crippen LogP contribution in [0.2, 0.25) is 0 Å². The molecule has 0 saturated carbocycles. The summed E-state index contributed by atoms with van der Waals surface area (Å²) in [5, 5.41) is 3.16. The van der Waals surface area contributed by atoms with E-state index in [0.29, 0.717) is 6.04 Å². The molecule has 0 radical (unpaired) electrons. The SMILES string of the molecule is CCC1NC(=O)C(C)C12CCCSC2. The zero-order chi connectivity index (χ0) is 10.2. The van der Waals surface area contributed by atoms with Gasteiger partial charge < -0.3 is 5.32 Å². The van der Waals surface area contributed by atoms with E-state index in [9.17, 15) is 4.79 Å². The molecule has 80 valence electrons. The Morgan fingerprint density at radius 3 is 3.00 bits per heavy atom. The van der Waals surface area contributed by atoms with Gasteiger partial charge in [0.1, 0.15) is 0 Å². The van der Waals surface area contributed by atoms with Crippen LogP contribution in [0.1, 0.15) is 33.1 Å². The zero-order valence-corrected chi connectivity index (χ0v) is 9.82. The largest absolute Gasteiger partial charge is 0.353 e. The maximum absolute atomic E-state index is 11.7. The first-order valence-electron chi connectivity index (χ1n) is 5.59. The highest BCUT2D eigenvalue weighted by Gasteiger charge is 2.52. The lowest BCUT2D eigenvalue weighted by Crippen LogP contribution is -2.42. The number of nitrogens with one attached hydrogen (secondary N) is 1. The lowest BCUT2D eigenvalue weighted by atomic mass is 9.71. The molecule has 0 bridgehead atoms. The standard InChI is InChI=1S/C11H19NOS/c1-3-9-11(5-4-6-14-7-11)8(2)10(13)12-9/h8-9H,3-7H2,1-2H3,(H,12,13). The van der Waals surface area contributed by atoms with E-state index in [0.717, 1.165) is 6.42 Å². The Hall–Kier alpha value is -0.180. The highest BCUT2D eigenvalue weighted by Crippen LogP contribution is 2.47. The molecule has 1 N–H and O–H groups in total. The lowest BCUT2D eigenvalue weighted by molar-refractivity contribution is -0.123. The summed E-state index contributed by atoms with van der Waals surface area (Å²) in [5.41, 5.74) is 0.273. The van der Waals surface area contributed by atoms with Gasteiger partial charge >= 0.3 is 0 Å². The van der Waals surface area contributed by atoms with E-state index in [1.165, 1.54) is 24.3 Å². The van der Waals surface area contributed by atoms with Crippen LogP contribution in [0.5, 0.6) is 0 Å². The second-order valence-corrected chi connectivity index (χ2v) is 5.69. The summed E-state index contributed by atoms with van der Waals surface area (Å²) < 4.78 is 0. The van der Waals surface area contributed by atoms with Crippen LogP contribution in [0.15, 0.2) is 0 Å². The first-order valence-corrected chi connectivity index (χ1v) is 6.74. The summed E-state index contributed by atoms with van der Waals surface area (Å²) in [7, 11) is 0. The molecule has 2 aliphatic heterocycles. The van der Waals surface area contributed by atoms with E-state index < -0.39 is 0 Å². The van der Waals surface area contributed by atoms with Crippen LogP contribution >= 0.6 is 11.8 Å². The van der Waals surface area contributed by atoms with Crippen LogP contribution < -0.4 is 5.32 Å². The van der Waals surface area contributed by atoms with Crippen LogP contribution in [0, 0.1) is 11.3 Å². The summed E-state index contributed by atoms with van der Waals surface area (Å²) in [6, 6.07) is 0.429.